The van der Waals surface area contributed by atoms with Gasteiger partial charge in [0.15, 0.2) is 0 Å². The first-order valence-corrected chi connectivity index (χ1v) is 5.88. The smallest absolute Gasteiger partial charge is 0.119 e. The van der Waals surface area contributed by atoms with E-state index in [0.717, 1.165) is 30.8 Å². The molecule has 86 valence electrons. The molecule has 0 saturated carbocycles. The third-order valence-corrected chi connectivity index (χ3v) is 2.85. The number of benzene rings is 1. The molecule has 0 fully saturated rings. The molecule has 0 aliphatic rings. The number of nitrogens with zero attached hydrogens (tertiary/aromatic N) is 1. The molecular formula is C14H19NO. The van der Waals surface area contributed by atoms with Crippen LogP contribution in [0.3, 0.4) is 0 Å². The molecular weight excluding hydrogens is 198 g/mol. The van der Waals surface area contributed by atoms with Gasteiger partial charge in [0.25, 0.3) is 0 Å². The Kier molecular flexibility index (Phi) is 5.42. The summed E-state index contributed by atoms with van der Waals surface area (Å²) >= 11 is 0. The fraction of sp³-hybridized carbons (Fsp3) is 0.500. The molecule has 0 amide bonds. The number of ether oxygens (including phenoxy) is 1. The maximum Gasteiger partial charge on any atom is 0.119 e. The highest BCUT2D eigenvalue weighted by atomic mass is 16.5. The molecule has 1 rings (SSSR count). The summed E-state index contributed by atoms with van der Waals surface area (Å²) in [5.41, 5.74) is 1.04. The first-order valence-electron chi connectivity index (χ1n) is 5.88. The van der Waals surface area contributed by atoms with E-state index in [1.54, 1.807) is 0 Å². The average molecular weight is 217 g/mol. The summed E-state index contributed by atoms with van der Waals surface area (Å²) < 4.78 is 5.70. The highest BCUT2D eigenvalue weighted by Gasteiger charge is 2.04. The van der Waals surface area contributed by atoms with Crippen molar-refractivity contribution >= 4 is 0 Å². The zero-order valence-electron chi connectivity index (χ0n) is 10.1. The summed E-state index contributed by atoms with van der Waals surface area (Å²) in [4.78, 5) is 0. The summed E-state index contributed by atoms with van der Waals surface area (Å²) in [6, 6.07) is 9.91. The molecule has 0 aromatic heterocycles. The topological polar surface area (TPSA) is 33.0 Å². The lowest BCUT2D eigenvalue weighted by atomic mass is 10.1. The predicted octanol–water partition coefficient (Wildman–Crippen LogP) is 3.57. The molecule has 1 aromatic carbocycles. The molecule has 0 spiro atoms. The van der Waals surface area contributed by atoms with Crippen LogP contribution in [0.25, 0.3) is 0 Å². The standard InChI is InChI=1S/C14H19NO/c1-3-12(4-2)11-16-14-7-5-13(6-8-14)9-10-15/h5-8,12H,3-4,9,11H2,1-2H3. The van der Waals surface area contributed by atoms with Crippen molar-refractivity contribution in [3.8, 4) is 11.8 Å². The minimum absolute atomic E-state index is 0.465. The van der Waals surface area contributed by atoms with E-state index in [2.05, 4.69) is 19.9 Å². The lowest BCUT2D eigenvalue weighted by Gasteiger charge is -2.13. The summed E-state index contributed by atoms with van der Waals surface area (Å²) in [6.07, 6.45) is 2.78. The molecule has 0 heterocycles. The van der Waals surface area contributed by atoms with Gasteiger partial charge in [0, 0.05) is 0 Å². The highest BCUT2D eigenvalue weighted by molar-refractivity contribution is 5.28. The van der Waals surface area contributed by atoms with Crippen molar-refractivity contribution in [2.45, 2.75) is 33.1 Å². The van der Waals surface area contributed by atoms with Crippen molar-refractivity contribution in [2.24, 2.45) is 5.92 Å². The molecule has 0 radical (unpaired) electrons. The summed E-state index contributed by atoms with van der Waals surface area (Å²) in [7, 11) is 0. The fourth-order valence-corrected chi connectivity index (χ4v) is 1.53. The van der Waals surface area contributed by atoms with Crippen LogP contribution < -0.4 is 4.74 Å². The Bertz CT molecular complexity index is 333. The van der Waals surface area contributed by atoms with E-state index in [1.807, 2.05) is 24.3 Å². The Labute approximate surface area is 97.9 Å². The fourth-order valence-electron chi connectivity index (χ4n) is 1.53. The molecule has 0 unspecified atom stereocenters. The molecule has 0 N–H and O–H groups in total. The van der Waals surface area contributed by atoms with Crippen LogP contribution in [0.4, 0.5) is 0 Å². The second kappa shape index (κ2) is 6.90. The molecule has 0 saturated heterocycles. The van der Waals surface area contributed by atoms with Gasteiger partial charge in [-0.05, 0) is 23.6 Å². The van der Waals surface area contributed by atoms with E-state index in [0.29, 0.717) is 12.3 Å². The van der Waals surface area contributed by atoms with Gasteiger partial charge in [-0.25, -0.2) is 0 Å². The van der Waals surface area contributed by atoms with Gasteiger partial charge in [0.1, 0.15) is 5.75 Å². The molecule has 16 heavy (non-hydrogen) atoms. The third-order valence-electron chi connectivity index (χ3n) is 2.85. The molecule has 0 bridgehead atoms. The van der Waals surface area contributed by atoms with Crippen molar-refractivity contribution in [2.75, 3.05) is 6.61 Å². The van der Waals surface area contributed by atoms with E-state index < -0.39 is 0 Å². The van der Waals surface area contributed by atoms with Gasteiger partial charge < -0.3 is 4.74 Å². The molecule has 2 nitrogen and oxygen atoms in total. The Morgan fingerprint density at radius 3 is 2.31 bits per heavy atom. The van der Waals surface area contributed by atoms with Gasteiger partial charge in [-0.15, -0.1) is 0 Å². The summed E-state index contributed by atoms with van der Waals surface area (Å²) in [5.74, 6) is 1.53. The van der Waals surface area contributed by atoms with Gasteiger partial charge in [-0.1, -0.05) is 38.8 Å². The minimum atomic E-state index is 0.465. The van der Waals surface area contributed by atoms with Crippen LogP contribution in [-0.4, -0.2) is 6.61 Å². The lowest BCUT2D eigenvalue weighted by Crippen LogP contribution is -2.09. The SMILES string of the molecule is CCC(CC)COc1ccc(CC#N)cc1. The Morgan fingerprint density at radius 1 is 1.19 bits per heavy atom. The number of rotatable bonds is 6. The summed E-state index contributed by atoms with van der Waals surface area (Å²) in [5, 5.41) is 8.55. The predicted molar refractivity (Wildman–Crippen MR) is 65.3 cm³/mol. The van der Waals surface area contributed by atoms with E-state index >= 15 is 0 Å². The van der Waals surface area contributed by atoms with Crippen LogP contribution in [0, 0.1) is 17.2 Å². The van der Waals surface area contributed by atoms with E-state index in [-0.39, 0.29) is 0 Å². The monoisotopic (exact) mass is 217 g/mol. The maximum atomic E-state index is 8.55. The molecule has 1 aromatic rings. The van der Waals surface area contributed by atoms with Crippen molar-refractivity contribution in [3.63, 3.8) is 0 Å². The van der Waals surface area contributed by atoms with Crippen LogP contribution >= 0.6 is 0 Å². The molecule has 2 heteroatoms. The normalized spacial score (nSPS) is 10.1. The molecule has 0 atom stereocenters. The van der Waals surface area contributed by atoms with Gasteiger partial charge in [-0.2, -0.15) is 5.26 Å². The highest BCUT2D eigenvalue weighted by Crippen LogP contribution is 2.15. The average Bonchev–Trinajstić information content (AvgIpc) is 2.33. The first-order chi connectivity index (χ1) is 7.80. The van der Waals surface area contributed by atoms with Gasteiger partial charge in [-0.3, -0.25) is 0 Å². The van der Waals surface area contributed by atoms with Crippen LogP contribution in [-0.2, 0) is 6.42 Å². The Hall–Kier alpha value is -1.49. The Balaban J connectivity index is 2.46. The van der Waals surface area contributed by atoms with Crippen molar-refractivity contribution in [1.82, 2.24) is 0 Å². The second-order valence-electron chi connectivity index (χ2n) is 3.97. The van der Waals surface area contributed by atoms with E-state index in [4.69, 9.17) is 10.00 Å². The number of nitriles is 1. The van der Waals surface area contributed by atoms with Crippen LogP contribution in [0.5, 0.6) is 5.75 Å². The van der Waals surface area contributed by atoms with Crippen molar-refractivity contribution in [1.29, 1.82) is 5.26 Å². The lowest BCUT2D eigenvalue weighted by molar-refractivity contribution is 0.240. The minimum Gasteiger partial charge on any atom is -0.493 e. The van der Waals surface area contributed by atoms with Crippen LogP contribution in [0.2, 0.25) is 0 Å². The summed E-state index contributed by atoms with van der Waals surface area (Å²) in [6.45, 7) is 5.16. The van der Waals surface area contributed by atoms with Crippen LogP contribution in [0.15, 0.2) is 24.3 Å². The van der Waals surface area contributed by atoms with Crippen molar-refractivity contribution < 1.29 is 4.74 Å². The van der Waals surface area contributed by atoms with Crippen molar-refractivity contribution in [3.05, 3.63) is 29.8 Å². The molecule has 0 aliphatic heterocycles. The number of hydrogen-bond donors (Lipinski definition) is 0. The first kappa shape index (κ1) is 12.6. The number of hydrogen-bond acceptors (Lipinski definition) is 2. The largest absolute Gasteiger partial charge is 0.493 e. The van der Waals surface area contributed by atoms with E-state index in [9.17, 15) is 0 Å². The third kappa shape index (κ3) is 3.94. The zero-order chi connectivity index (χ0) is 11.8. The van der Waals surface area contributed by atoms with E-state index in [1.165, 1.54) is 0 Å². The quantitative estimate of drug-likeness (QED) is 0.729. The Morgan fingerprint density at radius 2 is 1.81 bits per heavy atom. The zero-order valence-corrected chi connectivity index (χ0v) is 10.1. The van der Waals surface area contributed by atoms with Gasteiger partial charge in [0.05, 0.1) is 19.1 Å². The molecule has 0 aliphatic carbocycles. The van der Waals surface area contributed by atoms with Gasteiger partial charge in [0.2, 0.25) is 0 Å². The second-order valence-corrected chi connectivity index (χ2v) is 3.97. The van der Waals surface area contributed by atoms with Crippen LogP contribution in [0.1, 0.15) is 32.3 Å². The van der Waals surface area contributed by atoms with Gasteiger partial charge >= 0.3 is 0 Å². The maximum absolute atomic E-state index is 8.55.